The Morgan fingerprint density at radius 2 is 2.33 bits per heavy atom. The molecule has 3 nitrogen and oxygen atoms in total. The van der Waals surface area contributed by atoms with Gasteiger partial charge >= 0.3 is 0 Å². The summed E-state index contributed by atoms with van der Waals surface area (Å²) in [5.41, 5.74) is 11.4. The van der Waals surface area contributed by atoms with E-state index in [1.807, 2.05) is 0 Å². The van der Waals surface area contributed by atoms with Crippen molar-refractivity contribution in [3.63, 3.8) is 0 Å². The highest BCUT2D eigenvalue weighted by Crippen LogP contribution is 1.85. The number of hydrogen-bond donors (Lipinski definition) is 3. The summed E-state index contributed by atoms with van der Waals surface area (Å²) in [6, 6.07) is 0. The summed E-state index contributed by atoms with van der Waals surface area (Å²) in [4.78, 5) is 0. The summed E-state index contributed by atoms with van der Waals surface area (Å²) in [7, 11) is 0. The normalized spacial score (nSPS) is 11.0. The van der Waals surface area contributed by atoms with Crippen LogP contribution in [0, 0.1) is 0 Å². The van der Waals surface area contributed by atoms with Crippen molar-refractivity contribution in [3.05, 3.63) is 24.7 Å². The molecule has 0 amide bonds. The van der Waals surface area contributed by atoms with Crippen LogP contribution in [0.3, 0.4) is 0 Å². The van der Waals surface area contributed by atoms with E-state index in [1.165, 1.54) is 0 Å². The molecule has 0 saturated carbocycles. The van der Waals surface area contributed by atoms with Crippen molar-refractivity contribution in [2.24, 2.45) is 11.5 Å². The zero-order valence-electron chi connectivity index (χ0n) is 5.43. The van der Waals surface area contributed by atoms with E-state index in [4.69, 9.17) is 11.5 Å². The van der Waals surface area contributed by atoms with Crippen LogP contribution >= 0.6 is 0 Å². The van der Waals surface area contributed by atoms with Gasteiger partial charge in [0.05, 0.1) is 0 Å². The lowest BCUT2D eigenvalue weighted by Crippen LogP contribution is -2.09. The molecule has 0 aliphatic heterocycles. The lowest BCUT2D eigenvalue weighted by molar-refractivity contribution is 0.919. The van der Waals surface area contributed by atoms with Gasteiger partial charge in [-0.05, 0) is 12.7 Å². The van der Waals surface area contributed by atoms with Crippen LogP contribution in [0.5, 0.6) is 0 Å². The highest BCUT2D eigenvalue weighted by Gasteiger charge is 1.83. The Morgan fingerprint density at radius 3 is 2.78 bits per heavy atom. The predicted octanol–water partition coefficient (Wildman–Crippen LogP) is -0.132. The van der Waals surface area contributed by atoms with Crippen molar-refractivity contribution in [1.29, 1.82) is 0 Å². The zero-order chi connectivity index (χ0) is 7.11. The molecular formula is C6H13N3. The zero-order valence-corrected chi connectivity index (χ0v) is 5.43. The molecule has 0 heterocycles. The van der Waals surface area contributed by atoms with Gasteiger partial charge in [0, 0.05) is 18.3 Å². The minimum Gasteiger partial charge on any atom is -0.401 e. The second kappa shape index (κ2) is 5.18. The molecule has 0 bridgehead atoms. The molecule has 0 aromatic heterocycles. The van der Waals surface area contributed by atoms with Gasteiger partial charge in [-0.2, -0.15) is 0 Å². The number of rotatable bonds is 4. The van der Waals surface area contributed by atoms with Crippen molar-refractivity contribution in [2.75, 3.05) is 6.54 Å². The number of nitrogens with two attached hydrogens (primary N) is 2. The number of hydrogen-bond acceptors (Lipinski definition) is 3. The van der Waals surface area contributed by atoms with Crippen LogP contribution in [-0.4, -0.2) is 6.54 Å². The van der Waals surface area contributed by atoms with E-state index in [9.17, 15) is 0 Å². The molecule has 3 heteroatoms. The van der Waals surface area contributed by atoms with Gasteiger partial charge in [-0.15, -0.1) is 0 Å². The fraction of sp³-hybridized carbons (Fsp3) is 0.333. The molecule has 9 heavy (non-hydrogen) atoms. The molecule has 0 fully saturated rings. The summed E-state index contributed by atoms with van der Waals surface area (Å²) >= 11 is 0. The third-order valence-corrected chi connectivity index (χ3v) is 0.820. The first-order valence-corrected chi connectivity index (χ1v) is 2.82. The fourth-order valence-corrected chi connectivity index (χ4v) is 0.405. The first-order valence-electron chi connectivity index (χ1n) is 2.82. The van der Waals surface area contributed by atoms with Crippen LogP contribution in [0.2, 0.25) is 0 Å². The Labute approximate surface area is 55.4 Å². The minimum absolute atomic E-state index is 0.584. The van der Waals surface area contributed by atoms with Gasteiger partial charge in [0.2, 0.25) is 0 Å². The average Bonchev–Trinajstić information content (AvgIpc) is 1.85. The maximum absolute atomic E-state index is 5.44. The largest absolute Gasteiger partial charge is 0.401 e. The molecule has 0 saturated heterocycles. The summed E-state index contributed by atoms with van der Waals surface area (Å²) in [6.45, 7) is 4.03. The smallest absolute Gasteiger partial charge is 0.0256 e. The van der Waals surface area contributed by atoms with Gasteiger partial charge in [-0.25, -0.2) is 0 Å². The molecule has 0 aliphatic carbocycles. The van der Waals surface area contributed by atoms with Crippen LogP contribution < -0.4 is 16.8 Å². The molecule has 5 N–H and O–H groups in total. The quantitative estimate of drug-likeness (QED) is 0.493. The van der Waals surface area contributed by atoms with E-state index in [2.05, 4.69) is 11.9 Å². The summed E-state index contributed by atoms with van der Waals surface area (Å²) in [5, 5.41) is 2.75. The van der Waals surface area contributed by atoms with E-state index < -0.39 is 0 Å². The first kappa shape index (κ1) is 8.04. The lowest BCUT2D eigenvalue weighted by atomic mass is 10.3. The van der Waals surface area contributed by atoms with E-state index in [0.29, 0.717) is 6.54 Å². The molecule has 0 atom stereocenters. The molecule has 0 spiro atoms. The minimum atomic E-state index is 0.584. The fourth-order valence-electron chi connectivity index (χ4n) is 0.405. The topological polar surface area (TPSA) is 64.1 Å². The van der Waals surface area contributed by atoms with Crippen molar-refractivity contribution >= 4 is 0 Å². The van der Waals surface area contributed by atoms with Crippen molar-refractivity contribution in [1.82, 2.24) is 5.32 Å². The predicted molar refractivity (Wildman–Crippen MR) is 39.3 cm³/mol. The SMILES string of the molecule is C=CN/C=C(\N)CCN. The standard InChI is InChI=1S/C6H13N3/c1-2-9-5-6(8)3-4-7/h2,5,9H,1,3-4,7-8H2/b6-5-. The maximum Gasteiger partial charge on any atom is 0.0256 e. The molecular weight excluding hydrogens is 114 g/mol. The molecule has 0 aliphatic rings. The Kier molecular flexibility index (Phi) is 4.63. The van der Waals surface area contributed by atoms with Crippen molar-refractivity contribution < 1.29 is 0 Å². The molecule has 0 aromatic rings. The Bertz CT molecular complexity index is 107. The third-order valence-electron chi connectivity index (χ3n) is 0.820. The first-order chi connectivity index (χ1) is 4.31. The molecule has 0 rings (SSSR count). The summed E-state index contributed by atoms with van der Waals surface area (Å²) in [6.07, 6.45) is 3.96. The van der Waals surface area contributed by atoms with Crippen LogP contribution in [0.4, 0.5) is 0 Å². The Balaban J connectivity index is 3.42. The van der Waals surface area contributed by atoms with Crippen LogP contribution in [0.1, 0.15) is 6.42 Å². The van der Waals surface area contributed by atoms with E-state index in [-0.39, 0.29) is 0 Å². The second-order valence-corrected chi connectivity index (χ2v) is 1.63. The van der Waals surface area contributed by atoms with Gasteiger partial charge in [-0.1, -0.05) is 6.58 Å². The van der Waals surface area contributed by atoms with Crippen molar-refractivity contribution in [3.8, 4) is 0 Å². The van der Waals surface area contributed by atoms with Gasteiger partial charge in [-0.3, -0.25) is 0 Å². The average molecular weight is 127 g/mol. The lowest BCUT2D eigenvalue weighted by Gasteiger charge is -1.96. The summed E-state index contributed by atoms with van der Waals surface area (Å²) < 4.78 is 0. The molecule has 0 aromatic carbocycles. The van der Waals surface area contributed by atoms with E-state index >= 15 is 0 Å². The van der Waals surface area contributed by atoms with Gasteiger partial charge in [0.1, 0.15) is 0 Å². The van der Waals surface area contributed by atoms with Gasteiger partial charge < -0.3 is 16.8 Å². The maximum atomic E-state index is 5.44. The Morgan fingerprint density at radius 1 is 1.67 bits per heavy atom. The molecule has 0 radical (unpaired) electrons. The van der Waals surface area contributed by atoms with Crippen LogP contribution in [0.15, 0.2) is 24.7 Å². The van der Waals surface area contributed by atoms with E-state index in [0.717, 1.165) is 12.1 Å². The van der Waals surface area contributed by atoms with Gasteiger partial charge in [0.25, 0.3) is 0 Å². The van der Waals surface area contributed by atoms with Crippen LogP contribution in [0.25, 0.3) is 0 Å². The highest BCUT2D eigenvalue weighted by molar-refractivity contribution is 4.96. The third kappa shape index (κ3) is 4.90. The van der Waals surface area contributed by atoms with Crippen LogP contribution in [-0.2, 0) is 0 Å². The van der Waals surface area contributed by atoms with Crippen molar-refractivity contribution in [2.45, 2.75) is 6.42 Å². The monoisotopic (exact) mass is 127 g/mol. The second-order valence-electron chi connectivity index (χ2n) is 1.63. The Hall–Kier alpha value is -0.960. The van der Waals surface area contributed by atoms with Gasteiger partial charge in [0.15, 0.2) is 0 Å². The molecule has 52 valence electrons. The highest BCUT2D eigenvalue weighted by atomic mass is 14.8. The van der Waals surface area contributed by atoms with E-state index in [1.54, 1.807) is 12.4 Å². The summed E-state index contributed by atoms with van der Waals surface area (Å²) in [5.74, 6) is 0. The molecule has 0 unspecified atom stereocenters. The number of nitrogens with one attached hydrogen (secondary N) is 1.